The molecule has 2 aromatic rings. The first-order valence-corrected chi connectivity index (χ1v) is 8.10. The molecule has 102 valence electrons. The third-order valence-corrected chi connectivity index (χ3v) is 5.19. The summed E-state index contributed by atoms with van der Waals surface area (Å²) in [6.07, 6.45) is 2.62. The maximum Gasteiger partial charge on any atom is 0.161 e. The molecule has 0 aliphatic carbocycles. The van der Waals surface area contributed by atoms with Crippen LogP contribution >= 0.6 is 0 Å². The molecule has 0 amide bonds. The lowest BCUT2D eigenvalue weighted by molar-refractivity contribution is 0.539. The lowest BCUT2D eigenvalue weighted by atomic mass is 10.2. The Hall–Kier alpha value is -1.47. The molecule has 0 spiro atoms. The van der Waals surface area contributed by atoms with Crippen LogP contribution in [0.15, 0.2) is 18.3 Å². The third-order valence-electron chi connectivity index (χ3n) is 3.42. The van der Waals surface area contributed by atoms with Gasteiger partial charge in [0.15, 0.2) is 21.3 Å². The fourth-order valence-electron chi connectivity index (χ4n) is 2.35. The van der Waals surface area contributed by atoms with Crippen molar-refractivity contribution in [3.8, 4) is 0 Å². The van der Waals surface area contributed by atoms with Crippen molar-refractivity contribution in [2.45, 2.75) is 25.9 Å². The SMILES string of the molecule is Cc1ccn2c(CNC3CCS(=O)(=O)C3)nnc2c1. The molecular formula is C12H16N4O2S. The van der Waals surface area contributed by atoms with E-state index in [0.717, 1.165) is 17.0 Å². The van der Waals surface area contributed by atoms with Gasteiger partial charge in [0.25, 0.3) is 0 Å². The largest absolute Gasteiger partial charge is 0.306 e. The minimum absolute atomic E-state index is 0.0304. The van der Waals surface area contributed by atoms with Gasteiger partial charge in [0.05, 0.1) is 18.1 Å². The van der Waals surface area contributed by atoms with Gasteiger partial charge < -0.3 is 5.32 Å². The van der Waals surface area contributed by atoms with E-state index < -0.39 is 9.84 Å². The van der Waals surface area contributed by atoms with Gasteiger partial charge in [0.1, 0.15) is 0 Å². The number of nitrogens with one attached hydrogen (secondary N) is 1. The zero-order chi connectivity index (χ0) is 13.5. The molecule has 1 aliphatic heterocycles. The van der Waals surface area contributed by atoms with Gasteiger partial charge in [-0.3, -0.25) is 4.40 Å². The second kappa shape index (κ2) is 4.57. The summed E-state index contributed by atoms with van der Waals surface area (Å²) in [6, 6.07) is 4.00. The number of nitrogens with zero attached hydrogens (tertiary/aromatic N) is 3. The van der Waals surface area contributed by atoms with Gasteiger partial charge in [-0.05, 0) is 31.0 Å². The van der Waals surface area contributed by atoms with Crippen molar-refractivity contribution >= 4 is 15.5 Å². The first-order valence-electron chi connectivity index (χ1n) is 6.27. The fraction of sp³-hybridized carbons (Fsp3) is 0.500. The van der Waals surface area contributed by atoms with Crippen LogP contribution in [0.4, 0.5) is 0 Å². The predicted octanol–water partition coefficient (Wildman–Crippen LogP) is 0.314. The molecule has 1 unspecified atom stereocenters. The molecule has 3 rings (SSSR count). The highest BCUT2D eigenvalue weighted by Gasteiger charge is 2.27. The van der Waals surface area contributed by atoms with Crippen molar-refractivity contribution < 1.29 is 8.42 Å². The third kappa shape index (κ3) is 2.62. The number of pyridine rings is 1. The average molecular weight is 280 g/mol. The van der Waals surface area contributed by atoms with Crippen molar-refractivity contribution in [3.05, 3.63) is 29.7 Å². The highest BCUT2D eigenvalue weighted by atomic mass is 32.2. The second-order valence-electron chi connectivity index (χ2n) is 5.03. The Bertz CT molecular complexity index is 708. The van der Waals surface area contributed by atoms with Gasteiger partial charge >= 0.3 is 0 Å². The Morgan fingerprint density at radius 1 is 1.47 bits per heavy atom. The molecule has 1 N–H and O–H groups in total. The van der Waals surface area contributed by atoms with Crippen molar-refractivity contribution in [2.24, 2.45) is 0 Å². The molecule has 7 heteroatoms. The topological polar surface area (TPSA) is 76.4 Å². The van der Waals surface area contributed by atoms with Gasteiger partial charge in [-0.25, -0.2) is 8.42 Å². The molecule has 2 aromatic heterocycles. The normalized spacial score (nSPS) is 22.1. The molecule has 0 radical (unpaired) electrons. The Morgan fingerprint density at radius 3 is 3.05 bits per heavy atom. The summed E-state index contributed by atoms with van der Waals surface area (Å²) in [6.45, 7) is 2.54. The van der Waals surface area contributed by atoms with Gasteiger partial charge in [-0.2, -0.15) is 0 Å². The summed E-state index contributed by atoms with van der Waals surface area (Å²) in [7, 11) is -2.84. The van der Waals surface area contributed by atoms with Gasteiger partial charge in [-0.15, -0.1) is 10.2 Å². The van der Waals surface area contributed by atoms with E-state index in [-0.39, 0.29) is 17.5 Å². The first kappa shape index (κ1) is 12.6. The van der Waals surface area contributed by atoms with Gasteiger partial charge in [0, 0.05) is 12.2 Å². The molecule has 6 nitrogen and oxygen atoms in total. The maximum atomic E-state index is 11.4. The van der Waals surface area contributed by atoms with E-state index in [0.29, 0.717) is 13.0 Å². The van der Waals surface area contributed by atoms with E-state index in [9.17, 15) is 8.42 Å². The molecule has 0 saturated carbocycles. The van der Waals surface area contributed by atoms with Crippen molar-refractivity contribution in [3.63, 3.8) is 0 Å². The van der Waals surface area contributed by atoms with Crippen LogP contribution in [0.5, 0.6) is 0 Å². The second-order valence-corrected chi connectivity index (χ2v) is 7.26. The average Bonchev–Trinajstić information content (AvgIpc) is 2.89. The van der Waals surface area contributed by atoms with Crippen molar-refractivity contribution in [1.82, 2.24) is 19.9 Å². The molecule has 3 heterocycles. The highest BCUT2D eigenvalue weighted by Crippen LogP contribution is 2.12. The van der Waals surface area contributed by atoms with E-state index in [1.165, 1.54) is 0 Å². The molecule has 1 saturated heterocycles. The molecule has 0 aromatic carbocycles. The molecule has 1 fully saturated rings. The number of aryl methyl sites for hydroxylation is 1. The summed E-state index contributed by atoms with van der Waals surface area (Å²) in [4.78, 5) is 0. The molecule has 0 bridgehead atoms. The summed E-state index contributed by atoms with van der Waals surface area (Å²) < 4.78 is 24.7. The Balaban J connectivity index is 1.72. The van der Waals surface area contributed by atoms with E-state index in [2.05, 4.69) is 15.5 Å². The smallest absolute Gasteiger partial charge is 0.161 e. The molecular weight excluding hydrogens is 264 g/mol. The summed E-state index contributed by atoms with van der Waals surface area (Å²) in [5, 5.41) is 11.5. The fourth-order valence-corrected chi connectivity index (χ4v) is 4.06. The lowest BCUT2D eigenvalue weighted by Gasteiger charge is -2.09. The minimum atomic E-state index is -2.84. The zero-order valence-corrected chi connectivity index (χ0v) is 11.5. The standard InChI is InChI=1S/C12H16N4O2S/c1-9-2-4-16-11(6-9)14-15-12(16)7-13-10-3-5-19(17,18)8-10/h2,4,6,10,13H,3,5,7-8H2,1H3. The molecule has 1 aliphatic rings. The maximum absolute atomic E-state index is 11.4. The van der Waals surface area contributed by atoms with Crippen LogP contribution in [0.25, 0.3) is 5.65 Å². The Kier molecular flexibility index (Phi) is 3.02. The number of fused-ring (bicyclic) bond motifs is 1. The van der Waals surface area contributed by atoms with Crippen LogP contribution < -0.4 is 5.32 Å². The van der Waals surface area contributed by atoms with Crippen LogP contribution in [0.2, 0.25) is 0 Å². The number of rotatable bonds is 3. The van der Waals surface area contributed by atoms with Crippen molar-refractivity contribution in [1.29, 1.82) is 0 Å². The van der Waals surface area contributed by atoms with Crippen LogP contribution in [-0.4, -0.2) is 40.6 Å². The van der Waals surface area contributed by atoms with Crippen LogP contribution in [0.3, 0.4) is 0 Å². The summed E-state index contributed by atoms with van der Waals surface area (Å²) in [5.74, 6) is 1.31. The van der Waals surface area contributed by atoms with Crippen molar-refractivity contribution in [2.75, 3.05) is 11.5 Å². The number of hydrogen-bond acceptors (Lipinski definition) is 5. The van der Waals surface area contributed by atoms with E-state index in [1.54, 1.807) is 0 Å². The highest BCUT2D eigenvalue weighted by molar-refractivity contribution is 7.91. The number of hydrogen-bond donors (Lipinski definition) is 1. The van der Waals surface area contributed by atoms with E-state index >= 15 is 0 Å². The van der Waals surface area contributed by atoms with Crippen LogP contribution in [0.1, 0.15) is 17.8 Å². The Morgan fingerprint density at radius 2 is 2.32 bits per heavy atom. The summed E-state index contributed by atoms with van der Waals surface area (Å²) >= 11 is 0. The first-order chi connectivity index (χ1) is 9.03. The quantitative estimate of drug-likeness (QED) is 0.876. The lowest BCUT2D eigenvalue weighted by Crippen LogP contribution is -2.30. The van der Waals surface area contributed by atoms with E-state index in [1.807, 2.05) is 29.7 Å². The summed E-state index contributed by atoms with van der Waals surface area (Å²) in [5.41, 5.74) is 1.96. The van der Waals surface area contributed by atoms with Crippen LogP contribution in [-0.2, 0) is 16.4 Å². The number of aromatic nitrogens is 3. The Labute approximate surface area is 111 Å². The van der Waals surface area contributed by atoms with E-state index in [4.69, 9.17) is 0 Å². The number of sulfone groups is 1. The predicted molar refractivity (Wildman–Crippen MR) is 71.6 cm³/mol. The molecule has 1 atom stereocenters. The minimum Gasteiger partial charge on any atom is -0.306 e. The van der Waals surface area contributed by atoms with Crippen LogP contribution in [0, 0.1) is 6.92 Å². The van der Waals surface area contributed by atoms with Gasteiger partial charge in [-0.1, -0.05) is 0 Å². The zero-order valence-electron chi connectivity index (χ0n) is 10.7. The van der Waals surface area contributed by atoms with Gasteiger partial charge in [0.2, 0.25) is 0 Å². The monoisotopic (exact) mass is 280 g/mol. The molecule has 19 heavy (non-hydrogen) atoms.